The van der Waals surface area contributed by atoms with Crippen molar-refractivity contribution in [2.24, 2.45) is 5.92 Å². The first-order valence-electron chi connectivity index (χ1n) is 8.19. The summed E-state index contributed by atoms with van der Waals surface area (Å²) in [4.78, 5) is 0. The first-order chi connectivity index (χ1) is 8.82. The van der Waals surface area contributed by atoms with Gasteiger partial charge in [-0.15, -0.1) is 0 Å². The minimum Gasteiger partial charge on any atom is -0.374 e. The van der Waals surface area contributed by atoms with Crippen molar-refractivity contribution in [1.29, 1.82) is 0 Å². The van der Waals surface area contributed by atoms with Gasteiger partial charge in [-0.3, -0.25) is 0 Å². The van der Waals surface area contributed by atoms with Gasteiger partial charge in [0.05, 0.1) is 5.60 Å². The monoisotopic (exact) mass is 253 g/mol. The number of hydrogen-bond donors (Lipinski definition) is 1. The molecule has 0 amide bonds. The fraction of sp³-hybridized carbons (Fsp3) is 1.00. The molecule has 0 aliphatic heterocycles. The summed E-state index contributed by atoms with van der Waals surface area (Å²) in [5.41, 5.74) is 0.154. The van der Waals surface area contributed by atoms with Crippen molar-refractivity contribution in [1.82, 2.24) is 5.32 Å². The molecule has 2 heteroatoms. The molecule has 1 atom stereocenters. The maximum absolute atomic E-state index is 6.35. The third-order valence-electron chi connectivity index (χ3n) is 4.66. The van der Waals surface area contributed by atoms with Crippen LogP contribution in [0.15, 0.2) is 0 Å². The van der Waals surface area contributed by atoms with E-state index < -0.39 is 0 Å². The largest absolute Gasteiger partial charge is 0.374 e. The molecule has 0 aromatic carbocycles. The molecule has 0 saturated heterocycles. The van der Waals surface area contributed by atoms with E-state index in [2.05, 4.69) is 19.2 Å². The third-order valence-corrected chi connectivity index (χ3v) is 4.66. The van der Waals surface area contributed by atoms with Crippen LogP contribution in [0, 0.1) is 5.92 Å². The van der Waals surface area contributed by atoms with Crippen molar-refractivity contribution in [3.05, 3.63) is 0 Å². The molecule has 0 aromatic heterocycles. The predicted octanol–water partition coefficient (Wildman–Crippen LogP) is 3.89. The van der Waals surface area contributed by atoms with E-state index in [1.807, 2.05) is 0 Å². The van der Waals surface area contributed by atoms with E-state index in [9.17, 15) is 0 Å². The van der Waals surface area contributed by atoms with Gasteiger partial charge in [0.25, 0.3) is 0 Å². The molecule has 18 heavy (non-hydrogen) atoms. The Kier molecular flexibility index (Phi) is 5.50. The lowest BCUT2D eigenvalue weighted by Gasteiger charge is -2.41. The molecule has 0 radical (unpaired) electrons. The van der Waals surface area contributed by atoms with E-state index >= 15 is 0 Å². The van der Waals surface area contributed by atoms with Crippen molar-refractivity contribution in [2.75, 3.05) is 13.2 Å². The second-order valence-corrected chi connectivity index (χ2v) is 6.18. The van der Waals surface area contributed by atoms with Crippen LogP contribution in [0.1, 0.15) is 71.6 Å². The number of hydrogen-bond acceptors (Lipinski definition) is 2. The summed E-state index contributed by atoms with van der Waals surface area (Å²) < 4.78 is 6.35. The van der Waals surface area contributed by atoms with Gasteiger partial charge in [-0.05, 0) is 51.5 Å². The highest BCUT2D eigenvalue weighted by Gasteiger charge is 2.46. The first kappa shape index (κ1) is 14.3. The molecule has 0 bridgehead atoms. The normalized spacial score (nSPS) is 25.7. The van der Waals surface area contributed by atoms with Crippen molar-refractivity contribution in [2.45, 2.75) is 83.3 Å². The molecule has 2 aliphatic rings. The van der Waals surface area contributed by atoms with E-state index in [1.54, 1.807) is 0 Å². The van der Waals surface area contributed by atoms with Gasteiger partial charge < -0.3 is 10.1 Å². The average Bonchev–Trinajstić information content (AvgIpc) is 3.18. The van der Waals surface area contributed by atoms with Gasteiger partial charge in [-0.1, -0.05) is 32.6 Å². The Hall–Kier alpha value is -0.0800. The molecule has 2 saturated carbocycles. The zero-order valence-corrected chi connectivity index (χ0v) is 12.3. The summed E-state index contributed by atoms with van der Waals surface area (Å²) in [6.07, 6.45) is 12.1. The van der Waals surface area contributed by atoms with Gasteiger partial charge in [-0.25, -0.2) is 0 Å². The van der Waals surface area contributed by atoms with Gasteiger partial charge in [0.15, 0.2) is 0 Å². The van der Waals surface area contributed by atoms with Crippen molar-refractivity contribution < 1.29 is 4.74 Å². The molecule has 1 unspecified atom stereocenters. The second kappa shape index (κ2) is 6.91. The van der Waals surface area contributed by atoms with Crippen LogP contribution in [-0.2, 0) is 4.74 Å². The summed E-state index contributed by atoms with van der Waals surface area (Å²) in [5.74, 6) is 0.890. The lowest BCUT2D eigenvalue weighted by Crippen LogP contribution is -2.54. The number of ether oxygens (including phenoxy) is 1. The highest BCUT2D eigenvalue weighted by molar-refractivity contribution is 5.02. The molecular formula is C16H31NO. The number of nitrogens with one attached hydrogen (secondary N) is 1. The highest BCUT2D eigenvalue weighted by atomic mass is 16.5. The van der Waals surface area contributed by atoms with Crippen LogP contribution in [0.5, 0.6) is 0 Å². The van der Waals surface area contributed by atoms with Crippen molar-refractivity contribution in [3.63, 3.8) is 0 Å². The van der Waals surface area contributed by atoms with E-state index in [-0.39, 0.29) is 5.60 Å². The second-order valence-electron chi connectivity index (χ2n) is 6.18. The summed E-state index contributed by atoms with van der Waals surface area (Å²) >= 11 is 0. The van der Waals surface area contributed by atoms with E-state index in [1.165, 1.54) is 57.8 Å². The Morgan fingerprint density at radius 3 is 2.28 bits per heavy atom. The Labute approximate surface area is 113 Å². The highest BCUT2D eigenvalue weighted by Crippen LogP contribution is 2.44. The van der Waals surface area contributed by atoms with E-state index in [4.69, 9.17) is 4.74 Å². The Balaban J connectivity index is 2.07. The molecular weight excluding hydrogens is 222 g/mol. The molecule has 2 fully saturated rings. The smallest absolute Gasteiger partial charge is 0.0837 e. The predicted molar refractivity (Wildman–Crippen MR) is 76.9 cm³/mol. The minimum absolute atomic E-state index is 0.154. The van der Waals surface area contributed by atoms with Crippen LogP contribution in [0.25, 0.3) is 0 Å². The van der Waals surface area contributed by atoms with Gasteiger partial charge >= 0.3 is 0 Å². The first-order valence-corrected chi connectivity index (χ1v) is 8.19. The van der Waals surface area contributed by atoms with Crippen LogP contribution >= 0.6 is 0 Å². The molecule has 106 valence electrons. The van der Waals surface area contributed by atoms with Gasteiger partial charge in [-0.2, -0.15) is 0 Å². The summed E-state index contributed by atoms with van der Waals surface area (Å²) in [5, 5.41) is 3.83. The Bertz CT molecular complexity index is 229. The summed E-state index contributed by atoms with van der Waals surface area (Å²) in [6, 6.07) is 0.621. The third kappa shape index (κ3) is 3.48. The van der Waals surface area contributed by atoms with E-state index in [0.717, 1.165) is 19.1 Å². The quantitative estimate of drug-likeness (QED) is 0.695. The topological polar surface area (TPSA) is 21.3 Å². The SMILES string of the molecule is CCCNC(C1CC1)C1(OCC)CCCCCC1. The van der Waals surface area contributed by atoms with Gasteiger partial charge in [0, 0.05) is 12.6 Å². The molecule has 2 aliphatic carbocycles. The Morgan fingerprint density at radius 1 is 1.11 bits per heavy atom. The minimum atomic E-state index is 0.154. The van der Waals surface area contributed by atoms with Crippen LogP contribution in [0.4, 0.5) is 0 Å². The van der Waals surface area contributed by atoms with Crippen LogP contribution < -0.4 is 5.32 Å². The Morgan fingerprint density at radius 2 is 1.78 bits per heavy atom. The fourth-order valence-corrected chi connectivity index (χ4v) is 3.67. The van der Waals surface area contributed by atoms with Gasteiger partial charge in [0.2, 0.25) is 0 Å². The standard InChI is InChI=1S/C16H31NO/c1-3-13-17-15(14-9-10-14)16(18-4-2)11-7-5-6-8-12-16/h14-15,17H,3-13H2,1-2H3. The molecule has 0 spiro atoms. The van der Waals surface area contributed by atoms with Gasteiger partial charge in [0.1, 0.15) is 0 Å². The van der Waals surface area contributed by atoms with Crippen LogP contribution in [0.3, 0.4) is 0 Å². The molecule has 2 nitrogen and oxygen atoms in total. The molecule has 1 N–H and O–H groups in total. The molecule has 2 rings (SSSR count). The zero-order chi connectivity index (χ0) is 12.8. The summed E-state index contributed by atoms with van der Waals surface area (Å²) in [7, 11) is 0. The fourth-order valence-electron chi connectivity index (χ4n) is 3.67. The van der Waals surface area contributed by atoms with Crippen molar-refractivity contribution in [3.8, 4) is 0 Å². The zero-order valence-electron chi connectivity index (χ0n) is 12.3. The lowest BCUT2D eigenvalue weighted by molar-refractivity contribution is -0.0818. The maximum atomic E-state index is 6.35. The lowest BCUT2D eigenvalue weighted by atomic mass is 9.83. The van der Waals surface area contributed by atoms with Crippen molar-refractivity contribution >= 4 is 0 Å². The maximum Gasteiger partial charge on any atom is 0.0837 e. The molecule has 0 aromatic rings. The number of rotatable bonds is 7. The molecule has 0 heterocycles. The average molecular weight is 253 g/mol. The van der Waals surface area contributed by atoms with Crippen LogP contribution in [0.2, 0.25) is 0 Å². The van der Waals surface area contributed by atoms with E-state index in [0.29, 0.717) is 6.04 Å². The summed E-state index contributed by atoms with van der Waals surface area (Å²) in [6.45, 7) is 6.45. The van der Waals surface area contributed by atoms with Crippen LogP contribution in [-0.4, -0.2) is 24.8 Å².